The van der Waals surface area contributed by atoms with E-state index < -0.39 is 0 Å². The highest BCUT2D eigenvalue weighted by Crippen LogP contribution is 2.32. The molecule has 0 aliphatic carbocycles. The van der Waals surface area contributed by atoms with Gasteiger partial charge in [-0.2, -0.15) is 0 Å². The molecule has 2 saturated heterocycles. The molecule has 0 spiro atoms. The number of pyridine rings is 1. The Bertz CT molecular complexity index is 845. The Balaban J connectivity index is 1.37. The van der Waals surface area contributed by atoms with Gasteiger partial charge in [-0.1, -0.05) is 6.07 Å². The maximum atomic E-state index is 12.9. The second-order valence-electron chi connectivity index (χ2n) is 7.59. The van der Waals surface area contributed by atoms with Crippen LogP contribution in [0.2, 0.25) is 0 Å². The van der Waals surface area contributed by atoms with E-state index >= 15 is 0 Å². The van der Waals surface area contributed by atoms with Gasteiger partial charge in [0.1, 0.15) is 0 Å². The lowest BCUT2D eigenvalue weighted by Gasteiger charge is -2.34. The molecule has 3 amide bonds. The molecule has 1 aromatic heterocycles. The van der Waals surface area contributed by atoms with Crippen LogP contribution >= 0.6 is 0 Å². The first-order valence-electron chi connectivity index (χ1n) is 9.76. The summed E-state index contributed by atoms with van der Waals surface area (Å²) in [5.74, 6) is 1.26. The minimum absolute atomic E-state index is 0.0162. The van der Waals surface area contributed by atoms with Crippen molar-refractivity contribution >= 4 is 22.8 Å². The maximum Gasteiger partial charge on any atom is 0.317 e. The molecule has 4 rings (SSSR count). The molecule has 2 aromatic rings. The Morgan fingerprint density at radius 3 is 2.56 bits per heavy atom. The molecule has 1 aromatic carbocycles. The third kappa shape index (κ3) is 3.61. The van der Waals surface area contributed by atoms with E-state index in [2.05, 4.69) is 10.3 Å². The Morgan fingerprint density at radius 2 is 1.78 bits per heavy atom. The number of carbonyl (C=O) groups is 2. The summed E-state index contributed by atoms with van der Waals surface area (Å²) in [6.07, 6.45) is 4.89. The molecule has 142 valence electrons. The number of aromatic nitrogens is 1. The van der Waals surface area contributed by atoms with Crippen LogP contribution in [0.15, 0.2) is 36.5 Å². The van der Waals surface area contributed by atoms with Crippen LogP contribution in [0.1, 0.15) is 29.6 Å². The molecule has 1 N–H and O–H groups in total. The average molecular weight is 366 g/mol. The monoisotopic (exact) mass is 366 g/mol. The fourth-order valence-electron chi connectivity index (χ4n) is 4.48. The summed E-state index contributed by atoms with van der Waals surface area (Å²) < 4.78 is 0. The zero-order valence-corrected chi connectivity index (χ0v) is 15.7. The van der Waals surface area contributed by atoms with Crippen molar-refractivity contribution in [2.24, 2.45) is 11.8 Å². The van der Waals surface area contributed by atoms with Crippen molar-refractivity contribution < 1.29 is 9.59 Å². The summed E-state index contributed by atoms with van der Waals surface area (Å²) in [5, 5.41) is 3.70. The minimum Gasteiger partial charge on any atom is -0.341 e. The lowest BCUT2D eigenvalue weighted by Crippen LogP contribution is -2.44. The maximum absolute atomic E-state index is 12.9. The van der Waals surface area contributed by atoms with Crippen molar-refractivity contribution in [2.75, 3.05) is 33.2 Å². The van der Waals surface area contributed by atoms with E-state index in [1.807, 2.05) is 40.1 Å². The molecular formula is C21H26N4O2. The fraction of sp³-hybridized carbons (Fsp3) is 0.476. The largest absolute Gasteiger partial charge is 0.341 e. The van der Waals surface area contributed by atoms with E-state index in [-0.39, 0.29) is 11.9 Å². The molecule has 2 aliphatic rings. The lowest BCUT2D eigenvalue weighted by atomic mass is 9.84. The van der Waals surface area contributed by atoms with Gasteiger partial charge in [0.25, 0.3) is 5.91 Å². The number of benzene rings is 1. The van der Waals surface area contributed by atoms with Crippen LogP contribution in [0.25, 0.3) is 10.9 Å². The number of rotatable bonds is 2. The molecule has 0 bridgehead atoms. The average Bonchev–Trinajstić information content (AvgIpc) is 3.22. The van der Waals surface area contributed by atoms with Crippen LogP contribution in [-0.2, 0) is 0 Å². The first-order valence-corrected chi connectivity index (χ1v) is 9.76. The summed E-state index contributed by atoms with van der Waals surface area (Å²) in [5.41, 5.74) is 1.65. The number of piperidine rings is 1. The molecule has 2 fully saturated rings. The normalized spacial score (nSPS) is 20.9. The molecule has 0 saturated carbocycles. The van der Waals surface area contributed by atoms with Gasteiger partial charge in [-0.05, 0) is 55.4 Å². The Morgan fingerprint density at radius 1 is 1.04 bits per heavy atom. The molecule has 1 atom stereocenters. The van der Waals surface area contributed by atoms with Crippen LogP contribution in [0, 0.1) is 11.8 Å². The number of hydrogen-bond acceptors (Lipinski definition) is 3. The van der Waals surface area contributed by atoms with E-state index in [9.17, 15) is 9.59 Å². The van der Waals surface area contributed by atoms with Crippen molar-refractivity contribution in [2.45, 2.75) is 19.3 Å². The van der Waals surface area contributed by atoms with Crippen LogP contribution < -0.4 is 5.32 Å². The second-order valence-corrected chi connectivity index (χ2v) is 7.59. The van der Waals surface area contributed by atoms with Gasteiger partial charge in [-0.15, -0.1) is 0 Å². The third-order valence-corrected chi connectivity index (χ3v) is 6.07. The Hall–Kier alpha value is -2.63. The van der Waals surface area contributed by atoms with Crippen molar-refractivity contribution in [1.29, 1.82) is 0 Å². The molecule has 0 radical (unpaired) electrons. The molecule has 6 heteroatoms. The van der Waals surface area contributed by atoms with Gasteiger partial charge in [-0.3, -0.25) is 9.78 Å². The highest BCUT2D eigenvalue weighted by molar-refractivity contribution is 5.98. The van der Waals surface area contributed by atoms with Gasteiger partial charge in [-0.25, -0.2) is 4.79 Å². The number of urea groups is 1. The van der Waals surface area contributed by atoms with Crippen LogP contribution in [0.4, 0.5) is 4.79 Å². The highest BCUT2D eigenvalue weighted by Gasteiger charge is 2.34. The zero-order chi connectivity index (χ0) is 18.8. The van der Waals surface area contributed by atoms with E-state index in [0.29, 0.717) is 11.8 Å². The Labute approximate surface area is 159 Å². The number of likely N-dealkylation sites (tertiary alicyclic amines) is 2. The summed E-state index contributed by atoms with van der Waals surface area (Å²) in [7, 11) is 1.68. The lowest BCUT2D eigenvalue weighted by molar-refractivity contribution is 0.0777. The summed E-state index contributed by atoms with van der Waals surface area (Å²) in [6.45, 7) is 3.28. The predicted molar refractivity (Wildman–Crippen MR) is 105 cm³/mol. The van der Waals surface area contributed by atoms with Crippen LogP contribution in [-0.4, -0.2) is 59.9 Å². The summed E-state index contributed by atoms with van der Waals surface area (Å²) in [6, 6.07) is 9.65. The predicted octanol–water partition coefficient (Wildman–Crippen LogP) is 2.75. The van der Waals surface area contributed by atoms with Gasteiger partial charge in [0.2, 0.25) is 0 Å². The number of hydrogen-bond donors (Lipinski definition) is 1. The van der Waals surface area contributed by atoms with E-state index in [1.54, 1.807) is 13.2 Å². The number of carbonyl (C=O) groups excluding carboxylic acids is 2. The molecule has 2 aliphatic heterocycles. The topological polar surface area (TPSA) is 65.5 Å². The van der Waals surface area contributed by atoms with E-state index in [1.165, 1.54) is 0 Å². The third-order valence-electron chi connectivity index (χ3n) is 6.07. The van der Waals surface area contributed by atoms with E-state index in [0.717, 1.165) is 61.9 Å². The minimum atomic E-state index is 0.0162. The van der Waals surface area contributed by atoms with E-state index in [4.69, 9.17) is 0 Å². The molecule has 3 heterocycles. The number of nitrogens with one attached hydrogen (secondary N) is 1. The van der Waals surface area contributed by atoms with Gasteiger partial charge in [0.15, 0.2) is 0 Å². The number of fused-ring (bicyclic) bond motifs is 1. The van der Waals surface area contributed by atoms with Crippen molar-refractivity contribution in [3.05, 3.63) is 42.1 Å². The second kappa shape index (κ2) is 7.55. The van der Waals surface area contributed by atoms with Gasteiger partial charge in [0, 0.05) is 50.4 Å². The highest BCUT2D eigenvalue weighted by atomic mass is 16.2. The molecular weight excluding hydrogens is 340 g/mol. The number of nitrogens with zero attached hydrogens (tertiary/aromatic N) is 3. The van der Waals surface area contributed by atoms with Gasteiger partial charge < -0.3 is 15.1 Å². The van der Waals surface area contributed by atoms with Crippen LogP contribution in [0.3, 0.4) is 0 Å². The van der Waals surface area contributed by atoms with Crippen molar-refractivity contribution in [3.63, 3.8) is 0 Å². The molecule has 27 heavy (non-hydrogen) atoms. The standard InChI is InChI=1S/C21H26N4O2/c1-22-21(27)24-10-6-15(7-11-24)18-8-12-25(14-18)20(26)17-4-5-19-16(13-17)3-2-9-23-19/h2-5,9,13,15,18H,6-8,10-12,14H2,1H3,(H,22,27). The zero-order valence-electron chi connectivity index (χ0n) is 15.7. The Kier molecular flexibility index (Phi) is 4.97. The van der Waals surface area contributed by atoms with Crippen LogP contribution in [0.5, 0.6) is 0 Å². The summed E-state index contributed by atoms with van der Waals surface area (Å²) >= 11 is 0. The first-order chi connectivity index (χ1) is 13.2. The first kappa shape index (κ1) is 17.8. The van der Waals surface area contributed by atoms with Gasteiger partial charge >= 0.3 is 6.03 Å². The fourth-order valence-corrected chi connectivity index (χ4v) is 4.48. The number of amides is 3. The van der Waals surface area contributed by atoms with Crippen molar-refractivity contribution in [1.82, 2.24) is 20.1 Å². The quantitative estimate of drug-likeness (QED) is 0.889. The summed E-state index contributed by atoms with van der Waals surface area (Å²) in [4.78, 5) is 32.9. The molecule has 1 unspecified atom stereocenters. The van der Waals surface area contributed by atoms with Gasteiger partial charge in [0.05, 0.1) is 5.52 Å². The smallest absolute Gasteiger partial charge is 0.317 e. The molecule has 6 nitrogen and oxygen atoms in total. The van der Waals surface area contributed by atoms with Crippen molar-refractivity contribution in [3.8, 4) is 0 Å². The SMILES string of the molecule is CNC(=O)N1CCC(C2CCN(C(=O)c3ccc4ncccc4c3)C2)CC1.